The van der Waals surface area contributed by atoms with Gasteiger partial charge in [0.1, 0.15) is 40.2 Å². The molecule has 0 aliphatic carbocycles. The van der Waals surface area contributed by atoms with Crippen LogP contribution in [0.5, 0.6) is 11.5 Å². The Balaban J connectivity index is 1.31. The highest BCUT2D eigenvalue weighted by Gasteiger charge is 2.42. The van der Waals surface area contributed by atoms with Gasteiger partial charge in [0, 0.05) is 16.1 Å². The zero-order valence-electron chi connectivity index (χ0n) is 21.9. The number of carboxylic acids is 1. The minimum absolute atomic E-state index is 0.180. The van der Waals surface area contributed by atoms with Crippen molar-refractivity contribution >= 4 is 27.4 Å². The van der Waals surface area contributed by atoms with Gasteiger partial charge in [-0.3, -0.25) is 0 Å². The molecule has 2 heterocycles. The predicted octanol–water partition coefficient (Wildman–Crippen LogP) is 5.12. The topological polar surface area (TPSA) is 108 Å². The summed E-state index contributed by atoms with van der Waals surface area (Å²) in [5.41, 5.74) is 2.72. The first-order chi connectivity index (χ1) is 19.2. The third-order valence-corrected chi connectivity index (χ3v) is 9.36. The van der Waals surface area contributed by atoms with Crippen LogP contribution in [-0.2, 0) is 36.3 Å². The Hall–Kier alpha value is -3.11. The largest absolute Gasteiger partial charge is 0.493 e. The quantitative estimate of drug-likeness (QED) is 0.330. The number of rotatable bonds is 11. The van der Waals surface area contributed by atoms with Crippen LogP contribution in [0.15, 0.2) is 66.7 Å². The first kappa shape index (κ1) is 28.4. The Bertz CT molecular complexity index is 1440. The molecule has 8 nitrogen and oxygen atoms in total. The molecule has 2 aliphatic rings. The molecule has 1 N–H and O–H groups in total. The normalized spacial score (nSPS) is 18.0. The van der Waals surface area contributed by atoms with E-state index in [9.17, 15) is 13.2 Å². The number of halogens is 1. The van der Waals surface area contributed by atoms with Gasteiger partial charge in [-0.2, -0.15) is 0 Å². The van der Waals surface area contributed by atoms with Gasteiger partial charge in [-0.15, -0.1) is 0 Å². The highest BCUT2D eigenvalue weighted by atomic mass is 35.5. The van der Waals surface area contributed by atoms with Gasteiger partial charge in [0.05, 0.1) is 31.3 Å². The Morgan fingerprint density at radius 1 is 1.00 bits per heavy atom. The van der Waals surface area contributed by atoms with E-state index in [1.165, 1.54) is 0 Å². The van der Waals surface area contributed by atoms with Crippen molar-refractivity contribution in [2.24, 2.45) is 5.92 Å². The van der Waals surface area contributed by atoms with Gasteiger partial charge in [0.15, 0.2) is 0 Å². The average Bonchev–Trinajstić information content (AvgIpc) is 2.92. The lowest BCUT2D eigenvalue weighted by Gasteiger charge is -2.41. The molecule has 0 radical (unpaired) electrons. The lowest BCUT2D eigenvalue weighted by atomic mass is 9.91. The molecule has 0 saturated carbocycles. The van der Waals surface area contributed by atoms with Gasteiger partial charge >= 0.3 is 5.97 Å². The summed E-state index contributed by atoms with van der Waals surface area (Å²) in [6, 6.07) is 20.8. The Kier molecular flexibility index (Phi) is 8.65. The number of sulfone groups is 1. The third kappa shape index (κ3) is 6.78. The Labute approximate surface area is 238 Å². The molecule has 2 fully saturated rings. The molecule has 0 spiro atoms. The van der Waals surface area contributed by atoms with E-state index in [0.717, 1.165) is 22.3 Å². The molecule has 0 unspecified atom stereocenters. The van der Waals surface area contributed by atoms with Crippen molar-refractivity contribution in [3.05, 3.63) is 82.9 Å². The average molecular weight is 587 g/mol. The van der Waals surface area contributed by atoms with E-state index in [0.29, 0.717) is 49.2 Å². The second-order valence-corrected chi connectivity index (χ2v) is 12.9. The van der Waals surface area contributed by atoms with Gasteiger partial charge in [0.2, 0.25) is 0 Å². The maximum absolute atomic E-state index is 11.8. The second kappa shape index (κ2) is 12.2. The van der Waals surface area contributed by atoms with Crippen molar-refractivity contribution in [2.45, 2.75) is 25.0 Å². The van der Waals surface area contributed by atoms with Crippen LogP contribution in [0.1, 0.15) is 24.0 Å². The molecule has 0 amide bonds. The fraction of sp³-hybridized carbons (Fsp3) is 0.367. The maximum atomic E-state index is 11.8. The summed E-state index contributed by atoms with van der Waals surface area (Å²) >= 11 is 6.45. The molecule has 2 aliphatic heterocycles. The number of carbonyl (C=O) groups is 1. The standard InChI is InChI=1S/C30H31ClO8S/c31-27-4-2-1-3-26(27)22-5-10-28(38-16-21-11-13-40(34,35)14-12-21)23(15-22)17-37-25-8-6-24(7-9-25)30(19-36-20-30)39-18-29(32)33/h1-10,15,21H,11-14,16-20H2,(H,32,33). The molecule has 2 saturated heterocycles. The smallest absolute Gasteiger partial charge is 0.329 e. The van der Waals surface area contributed by atoms with Crippen LogP contribution in [-0.4, -0.2) is 57.4 Å². The first-order valence-corrected chi connectivity index (χ1v) is 15.3. The van der Waals surface area contributed by atoms with E-state index in [-0.39, 0.29) is 24.0 Å². The van der Waals surface area contributed by atoms with Crippen molar-refractivity contribution in [1.82, 2.24) is 0 Å². The van der Waals surface area contributed by atoms with Gasteiger partial charge in [0.25, 0.3) is 0 Å². The molecule has 40 heavy (non-hydrogen) atoms. The van der Waals surface area contributed by atoms with E-state index in [1.807, 2.05) is 66.7 Å². The van der Waals surface area contributed by atoms with E-state index in [4.69, 9.17) is 35.7 Å². The Morgan fingerprint density at radius 2 is 1.73 bits per heavy atom. The maximum Gasteiger partial charge on any atom is 0.329 e. The van der Waals surface area contributed by atoms with E-state index in [1.54, 1.807) is 0 Å². The molecule has 5 rings (SSSR count). The van der Waals surface area contributed by atoms with Crippen LogP contribution in [0.25, 0.3) is 11.1 Å². The minimum Gasteiger partial charge on any atom is -0.493 e. The summed E-state index contributed by atoms with van der Waals surface area (Å²) in [5.74, 6) is 0.855. The summed E-state index contributed by atoms with van der Waals surface area (Å²) < 4.78 is 46.9. The van der Waals surface area contributed by atoms with E-state index >= 15 is 0 Å². The summed E-state index contributed by atoms with van der Waals surface area (Å²) in [5, 5.41) is 9.64. The monoisotopic (exact) mass is 586 g/mol. The SMILES string of the molecule is O=C(O)COC1(c2ccc(OCc3cc(-c4ccccc4Cl)ccc3OCC3CCS(=O)(=O)CC3)cc2)COC1. The highest BCUT2D eigenvalue weighted by molar-refractivity contribution is 7.91. The Morgan fingerprint density at radius 3 is 2.38 bits per heavy atom. The van der Waals surface area contributed by atoms with Gasteiger partial charge in [-0.05, 0) is 60.2 Å². The molecule has 0 atom stereocenters. The molecule has 212 valence electrons. The molecule has 3 aromatic rings. The predicted molar refractivity (Wildman–Crippen MR) is 151 cm³/mol. The summed E-state index contributed by atoms with van der Waals surface area (Å²) in [4.78, 5) is 11.0. The summed E-state index contributed by atoms with van der Waals surface area (Å²) in [7, 11) is -2.93. The van der Waals surface area contributed by atoms with Crippen molar-refractivity contribution in [3.63, 3.8) is 0 Å². The van der Waals surface area contributed by atoms with Crippen molar-refractivity contribution in [1.29, 1.82) is 0 Å². The minimum atomic E-state index is -2.93. The van der Waals surface area contributed by atoms with Gasteiger partial charge in [-0.25, -0.2) is 13.2 Å². The fourth-order valence-electron chi connectivity index (χ4n) is 4.85. The number of ether oxygens (including phenoxy) is 4. The fourth-order valence-corrected chi connectivity index (χ4v) is 6.68. The summed E-state index contributed by atoms with van der Waals surface area (Å²) in [6.07, 6.45) is 1.20. The second-order valence-electron chi connectivity index (χ2n) is 10.2. The lowest BCUT2D eigenvalue weighted by molar-refractivity contribution is -0.220. The molecule has 0 aromatic heterocycles. The number of hydrogen-bond acceptors (Lipinski definition) is 7. The molecular weight excluding hydrogens is 556 g/mol. The number of hydrogen-bond donors (Lipinski definition) is 1. The first-order valence-electron chi connectivity index (χ1n) is 13.1. The number of carboxylic acid groups (broad SMARTS) is 1. The van der Waals surface area contributed by atoms with Crippen molar-refractivity contribution in [3.8, 4) is 22.6 Å². The third-order valence-electron chi connectivity index (χ3n) is 7.31. The number of benzene rings is 3. The van der Waals surface area contributed by atoms with E-state index < -0.39 is 28.0 Å². The number of aliphatic carboxylic acids is 1. The highest BCUT2D eigenvalue weighted by Crippen LogP contribution is 2.36. The zero-order valence-corrected chi connectivity index (χ0v) is 23.5. The van der Waals surface area contributed by atoms with Crippen LogP contribution < -0.4 is 9.47 Å². The van der Waals surface area contributed by atoms with E-state index in [2.05, 4.69) is 0 Å². The van der Waals surface area contributed by atoms with Crippen LogP contribution in [0.4, 0.5) is 0 Å². The molecular formula is C30H31ClO8S. The van der Waals surface area contributed by atoms with Crippen LogP contribution in [0, 0.1) is 5.92 Å². The lowest BCUT2D eigenvalue weighted by Crippen LogP contribution is -2.49. The van der Waals surface area contributed by atoms with Crippen molar-refractivity contribution < 1.29 is 37.3 Å². The molecule has 0 bridgehead atoms. The zero-order chi connectivity index (χ0) is 28.2. The molecule has 3 aromatic carbocycles. The summed E-state index contributed by atoms with van der Waals surface area (Å²) in [6.45, 7) is 0.855. The van der Waals surface area contributed by atoms with Gasteiger partial charge < -0.3 is 24.1 Å². The van der Waals surface area contributed by atoms with Crippen LogP contribution in [0.2, 0.25) is 5.02 Å². The molecule has 10 heteroatoms. The van der Waals surface area contributed by atoms with Crippen molar-refractivity contribution in [2.75, 3.05) is 37.9 Å². The van der Waals surface area contributed by atoms with Crippen LogP contribution >= 0.6 is 11.6 Å². The van der Waals surface area contributed by atoms with Crippen LogP contribution in [0.3, 0.4) is 0 Å². The van der Waals surface area contributed by atoms with Gasteiger partial charge in [-0.1, -0.05) is 48.0 Å².